The van der Waals surface area contributed by atoms with E-state index in [9.17, 15) is 4.79 Å². The van der Waals surface area contributed by atoms with Crippen LogP contribution >= 0.6 is 11.3 Å². The Balaban J connectivity index is 1.27. The number of likely N-dealkylation sites (tertiary alicyclic amines) is 1. The number of hydrogen-bond acceptors (Lipinski definition) is 4. The summed E-state index contributed by atoms with van der Waals surface area (Å²) < 4.78 is 0. The van der Waals surface area contributed by atoms with Crippen LogP contribution in [0.3, 0.4) is 0 Å². The highest BCUT2D eigenvalue weighted by Gasteiger charge is 2.49. The monoisotopic (exact) mass is 328 g/mol. The largest absolute Gasteiger partial charge is 0.347 e. The van der Waals surface area contributed by atoms with Gasteiger partial charge in [-0.25, -0.2) is 9.78 Å². The normalized spacial score (nSPS) is 19.0. The van der Waals surface area contributed by atoms with E-state index in [4.69, 9.17) is 0 Å². The van der Waals surface area contributed by atoms with E-state index in [0.29, 0.717) is 6.54 Å². The standard InChI is InChI=1S/C17H20N4OS/c22-15(19-10-14-4-2-1-3-5-14)21-12-17(13-21)6-8-20(11-17)16-18-7-9-23-16/h1-5,7,9H,6,8,10-13H2,(H,19,22). The van der Waals surface area contributed by atoms with Crippen LogP contribution in [0.15, 0.2) is 41.9 Å². The molecule has 2 saturated heterocycles. The van der Waals surface area contributed by atoms with Crippen molar-refractivity contribution in [2.45, 2.75) is 13.0 Å². The Morgan fingerprint density at radius 3 is 2.83 bits per heavy atom. The molecule has 1 N–H and O–H groups in total. The van der Waals surface area contributed by atoms with E-state index >= 15 is 0 Å². The maximum absolute atomic E-state index is 12.2. The van der Waals surface area contributed by atoms with Gasteiger partial charge in [0.1, 0.15) is 0 Å². The van der Waals surface area contributed by atoms with Gasteiger partial charge in [-0.2, -0.15) is 0 Å². The van der Waals surface area contributed by atoms with Crippen molar-refractivity contribution in [1.82, 2.24) is 15.2 Å². The Kier molecular flexibility index (Phi) is 3.69. The van der Waals surface area contributed by atoms with Gasteiger partial charge in [-0.3, -0.25) is 0 Å². The molecule has 2 fully saturated rings. The van der Waals surface area contributed by atoms with Crippen LogP contribution in [-0.4, -0.2) is 42.1 Å². The number of carbonyl (C=O) groups excluding carboxylic acids is 1. The lowest BCUT2D eigenvalue weighted by Crippen LogP contribution is -2.61. The number of nitrogens with one attached hydrogen (secondary N) is 1. The summed E-state index contributed by atoms with van der Waals surface area (Å²) in [6.45, 7) is 4.37. The van der Waals surface area contributed by atoms with E-state index in [1.54, 1.807) is 11.3 Å². The van der Waals surface area contributed by atoms with Crippen LogP contribution < -0.4 is 10.2 Å². The van der Waals surface area contributed by atoms with E-state index in [1.807, 2.05) is 46.8 Å². The number of amides is 2. The summed E-state index contributed by atoms with van der Waals surface area (Å²) in [5.41, 5.74) is 1.40. The zero-order valence-electron chi connectivity index (χ0n) is 12.9. The highest BCUT2D eigenvalue weighted by Crippen LogP contribution is 2.41. The van der Waals surface area contributed by atoms with Gasteiger partial charge in [0.25, 0.3) is 0 Å². The van der Waals surface area contributed by atoms with Crippen LogP contribution in [0.2, 0.25) is 0 Å². The molecule has 0 aliphatic carbocycles. The molecule has 2 aliphatic rings. The quantitative estimate of drug-likeness (QED) is 0.942. The molecule has 0 saturated carbocycles. The second-order valence-electron chi connectivity index (χ2n) is 6.49. The number of nitrogens with zero attached hydrogens (tertiary/aromatic N) is 3. The first kappa shape index (κ1) is 14.5. The fourth-order valence-corrected chi connectivity index (χ4v) is 4.19. The van der Waals surface area contributed by atoms with E-state index in [2.05, 4.69) is 15.2 Å². The van der Waals surface area contributed by atoms with Gasteiger partial charge >= 0.3 is 6.03 Å². The highest BCUT2D eigenvalue weighted by molar-refractivity contribution is 7.13. The third-order valence-corrected chi connectivity index (χ3v) is 5.59. The zero-order valence-corrected chi connectivity index (χ0v) is 13.8. The smallest absolute Gasteiger partial charge is 0.317 e. The van der Waals surface area contributed by atoms with Gasteiger partial charge < -0.3 is 15.1 Å². The minimum atomic E-state index is 0.0483. The number of aromatic nitrogens is 1. The van der Waals surface area contributed by atoms with Gasteiger partial charge in [0.2, 0.25) is 0 Å². The first-order chi connectivity index (χ1) is 11.2. The number of carbonyl (C=O) groups is 1. The van der Waals surface area contributed by atoms with Gasteiger partial charge in [0.05, 0.1) is 0 Å². The van der Waals surface area contributed by atoms with E-state index in [0.717, 1.165) is 43.3 Å². The van der Waals surface area contributed by atoms with Gasteiger partial charge in [-0.1, -0.05) is 30.3 Å². The highest BCUT2D eigenvalue weighted by atomic mass is 32.1. The SMILES string of the molecule is O=C(NCc1ccccc1)N1CC2(CCN(c3nccs3)C2)C1. The molecule has 1 aromatic carbocycles. The lowest BCUT2D eigenvalue weighted by molar-refractivity contribution is 0.0491. The van der Waals surface area contributed by atoms with Crippen LogP contribution in [0.4, 0.5) is 9.93 Å². The van der Waals surface area contributed by atoms with Crippen molar-refractivity contribution in [2.24, 2.45) is 5.41 Å². The van der Waals surface area contributed by atoms with Crippen molar-refractivity contribution >= 4 is 22.5 Å². The van der Waals surface area contributed by atoms with Crippen LogP contribution in [0.5, 0.6) is 0 Å². The molecule has 5 nitrogen and oxygen atoms in total. The summed E-state index contributed by atoms with van der Waals surface area (Å²) in [4.78, 5) is 20.9. The zero-order chi connectivity index (χ0) is 15.7. The summed E-state index contributed by atoms with van der Waals surface area (Å²) in [6.07, 6.45) is 3.00. The third-order valence-electron chi connectivity index (χ3n) is 4.75. The van der Waals surface area contributed by atoms with E-state index in [1.165, 1.54) is 0 Å². The summed E-state index contributed by atoms with van der Waals surface area (Å²) in [5, 5.41) is 6.13. The Bertz CT molecular complexity index is 667. The van der Waals surface area contributed by atoms with Gasteiger partial charge in [0, 0.05) is 49.7 Å². The molecule has 2 aromatic rings. The minimum absolute atomic E-state index is 0.0483. The molecule has 0 radical (unpaired) electrons. The van der Waals surface area contributed by atoms with Crippen LogP contribution in [0.1, 0.15) is 12.0 Å². The number of benzene rings is 1. The first-order valence-electron chi connectivity index (χ1n) is 7.95. The molecule has 1 aromatic heterocycles. The predicted molar refractivity (Wildman–Crippen MR) is 91.6 cm³/mol. The van der Waals surface area contributed by atoms with Gasteiger partial charge in [0.15, 0.2) is 5.13 Å². The topological polar surface area (TPSA) is 48.5 Å². The maximum atomic E-state index is 12.2. The van der Waals surface area contributed by atoms with Crippen molar-refractivity contribution < 1.29 is 4.79 Å². The average molecular weight is 328 g/mol. The molecule has 23 heavy (non-hydrogen) atoms. The molecule has 1 spiro atoms. The summed E-state index contributed by atoms with van der Waals surface area (Å²) in [5.74, 6) is 0. The number of hydrogen-bond donors (Lipinski definition) is 1. The molecular weight excluding hydrogens is 308 g/mol. The lowest BCUT2D eigenvalue weighted by Gasteiger charge is -2.47. The molecule has 6 heteroatoms. The Hall–Kier alpha value is -2.08. The summed E-state index contributed by atoms with van der Waals surface area (Å²) in [6, 6.07) is 10.1. The third kappa shape index (κ3) is 2.91. The van der Waals surface area contributed by atoms with E-state index in [-0.39, 0.29) is 11.4 Å². The molecule has 3 heterocycles. The second-order valence-corrected chi connectivity index (χ2v) is 7.36. The van der Waals surface area contributed by atoms with Gasteiger partial charge in [-0.05, 0) is 12.0 Å². The molecule has 0 unspecified atom stereocenters. The molecule has 2 aliphatic heterocycles. The molecule has 120 valence electrons. The summed E-state index contributed by atoms with van der Waals surface area (Å²) in [7, 11) is 0. The van der Waals surface area contributed by atoms with Crippen molar-refractivity contribution in [3.8, 4) is 0 Å². The predicted octanol–water partition coefficient (Wildman–Crippen LogP) is 2.57. The Labute approximate surface area is 139 Å². The number of anilines is 1. The number of rotatable bonds is 3. The van der Waals surface area contributed by atoms with Crippen molar-refractivity contribution in [2.75, 3.05) is 31.1 Å². The molecular formula is C17H20N4OS. The lowest BCUT2D eigenvalue weighted by atomic mass is 9.79. The molecule has 0 bridgehead atoms. The fraction of sp³-hybridized carbons (Fsp3) is 0.412. The molecule has 0 atom stereocenters. The van der Waals surface area contributed by atoms with Gasteiger partial charge in [-0.15, -0.1) is 11.3 Å². The van der Waals surface area contributed by atoms with E-state index < -0.39 is 0 Å². The first-order valence-corrected chi connectivity index (χ1v) is 8.83. The van der Waals surface area contributed by atoms with Crippen LogP contribution in [0, 0.1) is 5.41 Å². The molecule has 4 rings (SSSR count). The number of thiazole rings is 1. The van der Waals surface area contributed by atoms with Crippen molar-refractivity contribution in [3.63, 3.8) is 0 Å². The van der Waals surface area contributed by atoms with Crippen molar-refractivity contribution in [3.05, 3.63) is 47.5 Å². The average Bonchev–Trinajstić information content (AvgIpc) is 3.21. The fourth-order valence-electron chi connectivity index (χ4n) is 3.52. The van der Waals surface area contributed by atoms with Crippen molar-refractivity contribution in [1.29, 1.82) is 0 Å². The number of urea groups is 1. The maximum Gasteiger partial charge on any atom is 0.317 e. The molecule has 2 amide bonds. The Morgan fingerprint density at radius 2 is 2.09 bits per heavy atom. The summed E-state index contributed by atoms with van der Waals surface area (Å²) >= 11 is 1.69. The van der Waals surface area contributed by atoms with Crippen LogP contribution in [0.25, 0.3) is 0 Å². The second kappa shape index (κ2) is 5.85. The van der Waals surface area contributed by atoms with Crippen LogP contribution in [-0.2, 0) is 6.54 Å². The minimum Gasteiger partial charge on any atom is -0.347 e. The Morgan fingerprint density at radius 1 is 1.26 bits per heavy atom.